The van der Waals surface area contributed by atoms with Crippen LogP contribution in [0.25, 0.3) is 10.8 Å². The zero-order valence-corrected chi connectivity index (χ0v) is 18.9. The standard InChI is InChI=1S/C17H15Br2N3O2.Na/c18-14-9-8-11(12-4-1-2-5-13(12)14)10-22-15(20-21-17(22)19)6-3-7-16(23)24;/h1-2,4-5,8-9H,3,6-7,10H2,(H,23,24);/q;+1/p-1. The Hall–Kier alpha value is -0.730. The second-order valence-electron chi connectivity index (χ2n) is 5.45. The van der Waals surface area contributed by atoms with Crippen LogP contribution in [0.15, 0.2) is 45.6 Å². The second kappa shape index (κ2) is 9.28. The maximum Gasteiger partial charge on any atom is 1.00 e. The van der Waals surface area contributed by atoms with E-state index >= 15 is 0 Å². The summed E-state index contributed by atoms with van der Waals surface area (Å²) in [6, 6.07) is 12.3. The van der Waals surface area contributed by atoms with Gasteiger partial charge in [0, 0.05) is 16.9 Å². The van der Waals surface area contributed by atoms with Crippen molar-refractivity contribution in [1.29, 1.82) is 0 Å². The van der Waals surface area contributed by atoms with E-state index < -0.39 is 5.97 Å². The van der Waals surface area contributed by atoms with Crippen molar-refractivity contribution in [3.8, 4) is 0 Å². The first-order valence-corrected chi connectivity index (χ1v) is 9.08. The summed E-state index contributed by atoms with van der Waals surface area (Å²) in [4.78, 5) is 10.6. The monoisotopic (exact) mass is 473 g/mol. The SMILES string of the molecule is O=C([O-])CCCc1nnc(Br)n1Cc1ccc(Br)c2ccccc12.[Na+]. The molecular weight excluding hydrogens is 461 g/mol. The molecule has 0 aliphatic rings. The van der Waals surface area contributed by atoms with Gasteiger partial charge in [-0.25, -0.2) is 0 Å². The Morgan fingerprint density at radius 3 is 2.52 bits per heavy atom. The van der Waals surface area contributed by atoms with Crippen LogP contribution in [0.2, 0.25) is 0 Å². The van der Waals surface area contributed by atoms with Crippen molar-refractivity contribution in [1.82, 2.24) is 14.8 Å². The molecule has 0 saturated heterocycles. The van der Waals surface area contributed by atoms with Gasteiger partial charge in [-0.15, -0.1) is 10.2 Å². The molecule has 3 aromatic rings. The molecule has 1 heterocycles. The average molecular weight is 475 g/mol. The van der Waals surface area contributed by atoms with Crippen LogP contribution in [-0.4, -0.2) is 20.7 Å². The van der Waals surface area contributed by atoms with Crippen molar-refractivity contribution in [2.24, 2.45) is 0 Å². The van der Waals surface area contributed by atoms with Crippen LogP contribution in [0.1, 0.15) is 24.2 Å². The van der Waals surface area contributed by atoms with E-state index in [1.54, 1.807) is 0 Å². The molecule has 8 heteroatoms. The number of carboxylic acid groups (broad SMARTS) is 1. The molecule has 2 aromatic carbocycles. The summed E-state index contributed by atoms with van der Waals surface area (Å²) in [6.07, 6.45) is 1.04. The van der Waals surface area contributed by atoms with Gasteiger partial charge in [-0.3, -0.25) is 0 Å². The van der Waals surface area contributed by atoms with Crippen LogP contribution in [0.4, 0.5) is 0 Å². The molecular formula is C17H14Br2N3NaO2. The number of carbonyl (C=O) groups excluding carboxylic acids is 1. The van der Waals surface area contributed by atoms with Gasteiger partial charge in [0.15, 0.2) is 4.73 Å². The van der Waals surface area contributed by atoms with Crippen molar-refractivity contribution >= 4 is 48.6 Å². The number of nitrogens with zero attached hydrogens (tertiary/aromatic N) is 3. The molecule has 5 nitrogen and oxygen atoms in total. The molecule has 3 rings (SSSR count). The third-order valence-electron chi connectivity index (χ3n) is 3.85. The molecule has 0 aliphatic carbocycles. The van der Waals surface area contributed by atoms with Crippen LogP contribution in [0.5, 0.6) is 0 Å². The van der Waals surface area contributed by atoms with E-state index in [1.165, 1.54) is 0 Å². The van der Waals surface area contributed by atoms with Crippen LogP contribution in [0.3, 0.4) is 0 Å². The Balaban J connectivity index is 0.00000225. The topological polar surface area (TPSA) is 70.8 Å². The number of benzene rings is 2. The number of aryl methyl sites for hydroxylation is 1. The molecule has 0 unspecified atom stereocenters. The smallest absolute Gasteiger partial charge is 0.550 e. The number of aromatic nitrogens is 3. The van der Waals surface area contributed by atoms with Crippen molar-refractivity contribution in [3.63, 3.8) is 0 Å². The first-order valence-electron chi connectivity index (χ1n) is 7.50. The molecule has 0 saturated carbocycles. The summed E-state index contributed by atoms with van der Waals surface area (Å²) in [7, 11) is 0. The van der Waals surface area contributed by atoms with Crippen LogP contribution < -0.4 is 34.7 Å². The zero-order chi connectivity index (χ0) is 17.1. The van der Waals surface area contributed by atoms with Crippen molar-refractivity contribution in [3.05, 3.63) is 57.0 Å². The number of hydrogen-bond donors (Lipinski definition) is 0. The second-order valence-corrected chi connectivity index (χ2v) is 7.01. The number of aliphatic carboxylic acids is 1. The third kappa shape index (κ3) is 4.92. The molecule has 0 radical (unpaired) electrons. The van der Waals surface area contributed by atoms with Gasteiger partial charge in [-0.2, -0.15) is 0 Å². The predicted molar refractivity (Wildman–Crippen MR) is 96.4 cm³/mol. The first kappa shape index (κ1) is 20.6. The quantitative estimate of drug-likeness (QED) is 0.474. The van der Waals surface area contributed by atoms with E-state index in [-0.39, 0.29) is 36.0 Å². The first-order chi connectivity index (χ1) is 11.6. The molecule has 0 bridgehead atoms. The van der Waals surface area contributed by atoms with E-state index in [9.17, 15) is 9.90 Å². The molecule has 25 heavy (non-hydrogen) atoms. The van der Waals surface area contributed by atoms with Gasteiger partial charge in [-0.05, 0) is 51.2 Å². The van der Waals surface area contributed by atoms with E-state index in [4.69, 9.17) is 0 Å². The summed E-state index contributed by atoms with van der Waals surface area (Å²) < 4.78 is 3.65. The minimum atomic E-state index is -1.04. The van der Waals surface area contributed by atoms with Crippen LogP contribution in [0, 0.1) is 0 Å². The molecule has 0 fully saturated rings. The number of hydrogen-bond acceptors (Lipinski definition) is 4. The van der Waals surface area contributed by atoms with Gasteiger partial charge in [0.2, 0.25) is 0 Å². The molecule has 0 amide bonds. The minimum Gasteiger partial charge on any atom is -0.550 e. The fourth-order valence-corrected chi connectivity index (χ4v) is 3.57. The van der Waals surface area contributed by atoms with Gasteiger partial charge in [0.25, 0.3) is 0 Å². The summed E-state index contributed by atoms with van der Waals surface area (Å²) >= 11 is 7.01. The molecule has 0 N–H and O–H groups in total. The Morgan fingerprint density at radius 2 is 1.80 bits per heavy atom. The summed E-state index contributed by atoms with van der Waals surface area (Å²) in [5.74, 6) is -0.283. The number of halogens is 2. The van der Waals surface area contributed by atoms with E-state index in [2.05, 4.69) is 60.3 Å². The minimum absolute atomic E-state index is 0. The largest absolute Gasteiger partial charge is 1.00 e. The number of carbonyl (C=O) groups is 1. The molecule has 0 aliphatic heterocycles. The van der Waals surface area contributed by atoms with Gasteiger partial charge in [0.05, 0.1) is 6.54 Å². The summed E-state index contributed by atoms with van der Waals surface area (Å²) in [6.45, 7) is 0.613. The van der Waals surface area contributed by atoms with E-state index in [1.807, 2.05) is 22.8 Å². The Kier molecular flexibility index (Phi) is 7.64. The van der Waals surface area contributed by atoms with Gasteiger partial charge in [-0.1, -0.05) is 46.3 Å². The van der Waals surface area contributed by atoms with Gasteiger partial charge in [0.1, 0.15) is 5.82 Å². The zero-order valence-electron chi connectivity index (χ0n) is 13.7. The number of fused-ring (bicyclic) bond motifs is 1. The fourth-order valence-electron chi connectivity index (χ4n) is 2.68. The van der Waals surface area contributed by atoms with Crippen LogP contribution >= 0.6 is 31.9 Å². The van der Waals surface area contributed by atoms with Crippen molar-refractivity contribution in [2.75, 3.05) is 0 Å². The molecule has 0 spiro atoms. The maximum atomic E-state index is 10.6. The van der Waals surface area contributed by atoms with Crippen molar-refractivity contribution < 1.29 is 39.5 Å². The van der Waals surface area contributed by atoms with Gasteiger partial charge >= 0.3 is 29.6 Å². The predicted octanol–water partition coefficient (Wildman–Crippen LogP) is 0.0812. The number of rotatable bonds is 6. The molecule has 0 atom stereocenters. The molecule has 1 aromatic heterocycles. The summed E-state index contributed by atoms with van der Waals surface area (Å²) in [5, 5.41) is 21.1. The van der Waals surface area contributed by atoms with Crippen molar-refractivity contribution in [2.45, 2.75) is 25.8 Å². The molecule has 124 valence electrons. The van der Waals surface area contributed by atoms with Gasteiger partial charge < -0.3 is 14.5 Å². The Labute approximate surface area is 184 Å². The Bertz CT molecular complexity index is 899. The fraction of sp³-hybridized carbons (Fsp3) is 0.235. The summed E-state index contributed by atoms with van der Waals surface area (Å²) in [5.41, 5.74) is 1.15. The van der Waals surface area contributed by atoms with E-state index in [0.29, 0.717) is 24.1 Å². The maximum absolute atomic E-state index is 10.6. The third-order valence-corrected chi connectivity index (χ3v) is 5.13. The normalized spacial score (nSPS) is 10.6. The Morgan fingerprint density at radius 1 is 1.08 bits per heavy atom. The van der Waals surface area contributed by atoms with E-state index in [0.717, 1.165) is 26.6 Å². The average Bonchev–Trinajstić information content (AvgIpc) is 2.90. The number of carboxylic acids is 1. The van der Waals surface area contributed by atoms with Crippen LogP contribution in [-0.2, 0) is 17.8 Å².